The Kier molecular flexibility index (Phi) is 5.74. The largest absolute Gasteiger partial charge is 0.488 e. The van der Waals surface area contributed by atoms with Gasteiger partial charge in [0.2, 0.25) is 0 Å². The Morgan fingerprint density at radius 3 is 2.77 bits per heavy atom. The number of amides is 1. The van der Waals surface area contributed by atoms with E-state index in [2.05, 4.69) is 10.6 Å². The van der Waals surface area contributed by atoms with E-state index in [4.69, 9.17) is 16.3 Å². The number of nitrogens with zero attached hydrogens (tertiary/aromatic N) is 1. The Balaban J connectivity index is 1.67. The van der Waals surface area contributed by atoms with Crippen LogP contribution >= 0.6 is 11.6 Å². The van der Waals surface area contributed by atoms with Crippen LogP contribution in [0.15, 0.2) is 23.8 Å². The quantitative estimate of drug-likeness (QED) is 0.828. The first-order valence-electron chi connectivity index (χ1n) is 8.27. The Morgan fingerprint density at radius 1 is 1.35 bits per heavy atom. The van der Waals surface area contributed by atoms with Gasteiger partial charge in [0.05, 0.1) is 5.57 Å². The molecule has 0 aliphatic carbocycles. The lowest BCUT2D eigenvalue weighted by Gasteiger charge is -2.36. The van der Waals surface area contributed by atoms with E-state index in [1.807, 2.05) is 0 Å². The van der Waals surface area contributed by atoms with Crippen molar-refractivity contribution in [3.8, 4) is 5.75 Å². The fraction of sp³-hybridized carbons (Fsp3) is 0.471. The van der Waals surface area contributed by atoms with Gasteiger partial charge in [-0.2, -0.15) is 13.2 Å². The van der Waals surface area contributed by atoms with Gasteiger partial charge in [-0.1, -0.05) is 11.6 Å². The average molecular weight is 390 g/mol. The molecule has 9 heteroatoms. The van der Waals surface area contributed by atoms with Crippen molar-refractivity contribution in [2.75, 3.05) is 39.3 Å². The zero-order valence-corrected chi connectivity index (χ0v) is 14.7. The molecule has 0 aromatic heterocycles. The predicted octanol–water partition coefficient (Wildman–Crippen LogP) is 2.07. The number of carbonyl (C=O) groups is 1. The lowest BCUT2D eigenvalue weighted by atomic mass is 10.1. The van der Waals surface area contributed by atoms with Crippen molar-refractivity contribution in [3.05, 3.63) is 34.4 Å². The van der Waals surface area contributed by atoms with Gasteiger partial charge >= 0.3 is 6.18 Å². The van der Waals surface area contributed by atoms with Crippen LogP contribution in [0, 0.1) is 0 Å². The number of hydrogen-bond acceptors (Lipinski definition) is 4. The van der Waals surface area contributed by atoms with E-state index in [1.165, 1.54) is 4.90 Å². The molecule has 1 fully saturated rings. The lowest BCUT2D eigenvalue weighted by Crippen LogP contribution is -2.57. The average Bonchev–Trinajstić information content (AvgIpc) is 2.61. The molecule has 0 bridgehead atoms. The summed E-state index contributed by atoms with van der Waals surface area (Å²) in [5.41, 5.74) is 0.893. The summed E-state index contributed by atoms with van der Waals surface area (Å²) in [6, 6.07) is 3.29. The molecule has 3 rings (SSSR count). The monoisotopic (exact) mass is 389 g/mol. The number of halogens is 4. The van der Waals surface area contributed by atoms with Crippen LogP contribution in [0.2, 0.25) is 5.02 Å². The third-order valence-corrected chi connectivity index (χ3v) is 4.64. The summed E-state index contributed by atoms with van der Waals surface area (Å²) < 4.78 is 45.6. The number of hydrogen-bond donors (Lipinski definition) is 2. The standard InChI is InChI=1S/C17H19ClF3N3O2/c18-13-1-2-14-11(8-13)7-12(10-26-14)16(25)23-9-15(17(19,20)21)24-5-3-22-4-6-24/h1-2,7-8,15,22H,3-6,9-10H2,(H,23,25). The molecule has 2 heterocycles. The van der Waals surface area contributed by atoms with Crippen molar-refractivity contribution in [2.45, 2.75) is 12.2 Å². The van der Waals surface area contributed by atoms with Crippen molar-refractivity contribution in [3.63, 3.8) is 0 Å². The van der Waals surface area contributed by atoms with Crippen LogP contribution in [-0.2, 0) is 4.79 Å². The van der Waals surface area contributed by atoms with Gasteiger partial charge in [-0.3, -0.25) is 9.69 Å². The van der Waals surface area contributed by atoms with Gasteiger partial charge in [0, 0.05) is 43.3 Å². The zero-order valence-electron chi connectivity index (χ0n) is 13.9. The minimum atomic E-state index is -4.41. The molecular formula is C17H19ClF3N3O2. The highest BCUT2D eigenvalue weighted by Gasteiger charge is 2.43. The summed E-state index contributed by atoms with van der Waals surface area (Å²) in [6.45, 7) is 1.08. The smallest absolute Gasteiger partial charge is 0.405 e. The Morgan fingerprint density at radius 2 is 2.08 bits per heavy atom. The first-order valence-corrected chi connectivity index (χ1v) is 8.65. The summed E-state index contributed by atoms with van der Waals surface area (Å²) in [5.74, 6) is 0.0138. The lowest BCUT2D eigenvalue weighted by molar-refractivity contribution is -0.183. The minimum absolute atomic E-state index is 0.00475. The van der Waals surface area contributed by atoms with E-state index in [-0.39, 0.29) is 25.3 Å². The highest BCUT2D eigenvalue weighted by atomic mass is 35.5. The molecule has 1 atom stereocenters. The highest BCUT2D eigenvalue weighted by molar-refractivity contribution is 6.30. The van der Waals surface area contributed by atoms with Crippen LogP contribution in [0.5, 0.6) is 5.75 Å². The van der Waals surface area contributed by atoms with Gasteiger partial charge in [0.25, 0.3) is 5.91 Å². The third-order valence-electron chi connectivity index (χ3n) is 4.40. The van der Waals surface area contributed by atoms with Crippen LogP contribution < -0.4 is 15.4 Å². The van der Waals surface area contributed by atoms with Gasteiger partial charge in [-0.25, -0.2) is 0 Å². The molecule has 2 N–H and O–H groups in total. The number of alkyl halides is 3. The van der Waals surface area contributed by atoms with Crippen molar-refractivity contribution in [1.82, 2.24) is 15.5 Å². The molecular weight excluding hydrogens is 371 g/mol. The topological polar surface area (TPSA) is 53.6 Å². The molecule has 5 nitrogen and oxygen atoms in total. The molecule has 2 aliphatic rings. The molecule has 1 unspecified atom stereocenters. The predicted molar refractivity (Wildman–Crippen MR) is 92.2 cm³/mol. The molecule has 0 spiro atoms. The van der Waals surface area contributed by atoms with E-state index in [0.717, 1.165) is 0 Å². The number of carbonyl (C=O) groups excluding carboxylic acids is 1. The zero-order chi connectivity index (χ0) is 18.7. The first kappa shape index (κ1) is 19.0. The Labute approximate surface area is 154 Å². The van der Waals surface area contributed by atoms with Gasteiger partial charge in [0.15, 0.2) is 0 Å². The van der Waals surface area contributed by atoms with Crippen LogP contribution in [0.3, 0.4) is 0 Å². The summed E-state index contributed by atoms with van der Waals surface area (Å²) >= 11 is 5.92. The Hall–Kier alpha value is -1.77. The van der Waals surface area contributed by atoms with Crippen molar-refractivity contribution in [2.24, 2.45) is 0 Å². The number of benzene rings is 1. The first-order chi connectivity index (χ1) is 12.3. The fourth-order valence-electron chi connectivity index (χ4n) is 3.03. The molecule has 1 amide bonds. The Bertz CT molecular complexity index is 703. The van der Waals surface area contributed by atoms with Crippen molar-refractivity contribution in [1.29, 1.82) is 0 Å². The summed E-state index contributed by atoms with van der Waals surface area (Å²) in [4.78, 5) is 13.7. The number of fused-ring (bicyclic) bond motifs is 1. The molecule has 142 valence electrons. The number of rotatable bonds is 4. The maximum absolute atomic E-state index is 13.4. The second kappa shape index (κ2) is 7.85. The van der Waals surface area contributed by atoms with Crippen LogP contribution in [0.4, 0.5) is 13.2 Å². The normalized spacial score (nSPS) is 19.2. The number of nitrogens with one attached hydrogen (secondary N) is 2. The second-order valence-corrected chi connectivity index (χ2v) is 6.63. The molecule has 26 heavy (non-hydrogen) atoms. The van der Waals surface area contributed by atoms with Crippen molar-refractivity contribution >= 4 is 23.6 Å². The van der Waals surface area contributed by atoms with Crippen LogP contribution in [0.25, 0.3) is 6.08 Å². The van der Waals surface area contributed by atoms with Gasteiger partial charge in [-0.15, -0.1) is 0 Å². The second-order valence-electron chi connectivity index (χ2n) is 6.19. The minimum Gasteiger partial charge on any atom is -0.488 e. The molecule has 0 radical (unpaired) electrons. The van der Waals surface area contributed by atoms with Gasteiger partial charge in [0.1, 0.15) is 18.4 Å². The van der Waals surface area contributed by atoms with Crippen LogP contribution in [0.1, 0.15) is 5.56 Å². The van der Waals surface area contributed by atoms with Gasteiger partial charge < -0.3 is 15.4 Å². The van der Waals surface area contributed by atoms with Crippen LogP contribution in [-0.4, -0.2) is 62.4 Å². The van der Waals surface area contributed by atoms with E-state index < -0.39 is 24.7 Å². The SMILES string of the molecule is O=C(NCC(N1CCNCC1)C(F)(F)F)C1=Cc2cc(Cl)ccc2OC1. The van der Waals surface area contributed by atoms with Gasteiger partial charge in [-0.05, 0) is 24.3 Å². The molecule has 1 saturated heterocycles. The molecule has 1 aromatic carbocycles. The van der Waals surface area contributed by atoms with E-state index >= 15 is 0 Å². The highest BCUT2D eigenvalue weighted by Crippen LogP contribution is 2.29. The van der Waals surface area contributed by atoms with E-state index in [9.17, 15) is 18.0 Å². The summed E-state index contributed by atoms with van der Waals surface area (Å²) in [6.07, 6.45) is -2.82. The maximum atomic E-state index is 13.4. The maximum Gasteiger partial charge on any atom is 0.405 e. The van der Waals surface area contributed by atoms with Crippen molar-refractivity contribution < 1.29 is 22.7 Å². The molecule has 2 aliphatic heterocycles. The fourth-order valence-corrected chi connectivity index (χ4v) is 3.21. The third kappa shape index (κ3) is 4.49. The number of piperazine rings is 1. The molecule has 1 aromatic rings. The summed E-state index contributed by atoms with van der Waals surface area (Å²) in [5, 5.41) is 5.91. The number of ether oxygens (including phenoxy) is 1. The molecule has 0 saturated carbocycles. The van der Waals surface area contributed by atoms with E-state index in [0.29, 0.717) is 29.4 Å². The summed E-state index contributed by atoms with van der Waals surface area (Å²) in [7, 11) is 0. The van der Waals surface area contributed by atoms with E-state index in [1.54, 1.807) is 24.3 Å².